The van der Waals surface area contributed by atoms with Crippen molar-refractivity contribution < 1.29 is 0 Å². The zero-order valence-electron chi connectivity index (χ0n) is 16.1. The van der Waals surface area contributed by atoms with Crippen LogP contribution in [-0.2, 0) is 0 Å². The minimum Gasteiger partial charge on any atom is -0.0654 e. The van der Waals surface area contributed by atoms with Crippen LogP contribution in [-0.4, -0.2) is 0 Å². The topological polar surface area (TPSA) is 0 Å². The fraction of sp³-hybridized carbons (Fsp3) is 0.750. The van der Waals surface area contributed by atoms with Crippen molar-refractivity contribution in [2.24, 2.45) is 11.8 Å². The van der Waals surface area contributed by atoms with E-state index in [0.717, 1.165) is 23.7 Å². The van der Waals surface area contributed by atoms with Crippen molar-refractivity contribution in [3.05, 3.63) is 35.4 Å². The molecule has 2 aliphatic rings. The highest BCUT2D eigenvalue weighted by atomic mass is 14.3. The molecule has 0 bridgehead atoms. The van der Waals surface area contributed by atoms with Crippen LogP contribution in [0, 0.1) is 11.8 Å². The molecule has 0 spiro atoms. The van der Waals surface area contributed by atoms with Crippen LogP contribution < -0.4 is 0 Å². The first-order valence-electron chi connectivity index (χ1n) is 10.9. The van der Waals surface area contributed by atoms with Gasteiger partial charge in [-0.25, -0.2) is 0 Å². The first kappa shape index (κ1) is 18.0. The van der Waals surface area contributed by atoms with Crippen molar-refractivity contribution >= 4 is 0 Å². The number of benzene rings is 1. The molecule has 0 atom stereocenters. The molecule has 0 heterocycles. The van der Waals surface area contributed by atoms with Crippen LogP contribution >= 0.6 is 0 Å². The van der Waals surface area contributed by atoms with Crippen LogP contribution in [0.4, 0.5) is 0 Å². The average molecular weight is 327 g/mol. The molecule has 2 aliphatic carbocycles. The molecule has 0 heteroatoms. The summed E-state index contributed by atoms with van der Waals surface area (Å²) in [6, 6.07) is 9.88. The van der Waals surface area contributed by atoms with Crippen molar-refractivity contribution in [2.45, 2.75) is 103 Å². The fourth-order valence-corrected chi connectivity index (χ4v) is 5.22. The largest absolute Gasteiger partial charge is 0.0654 e. The molecule has 3 rings (SSSR count). The summed E-state index contributed by atoms with van der Waals surface area (Å²) in [5.74, 6) is 3.71. The lowest BCUT2D eigenvalue weighted by atomic mass is 9.75. The Morgan fingerprint density at radius 3 is 1.54 bits per heavy atom. The highest BCUT2D eigenvalue weighted by Crippen LogP contribution is 2.40. The normalized spacial score (nSPS) is 31.1. The van der Waals surface area contributed by atoms with E-state index in [-0.39, 0.29) is 0 Å². The lowest BCUT2D eigenvalue weighted by Gasteiger charge is -2.30. The molecular weight excluding hydrogens is 288 g/mol. The highest BCUT2D eigenvalue weighted by molar-refractivity contribution is 5.28. The summed E-state index contributed by atoms with van der Waals surface area (Å²) >= 11 is 0. The molecule has 2 saturated carbocycles. The van der Waals surface area contributed by atoms with Crippen molar-refractivity contribution in [2.75, 3.05) is 0 Å². The first-order chi connectivity index (χ1) is 11.8. The first-order valence-corrected chi connectivity index (χ1v) is 10.9. The molecule has 0 unspecified atom stereocenters. The second-order valence-corrected chi connectivity index (χ2v) is 8.65. The van der Waals surface area contributed by atoms with E-state index in [2.05, 4.69) is 38.1 Å². The van der Waals surface area contributed by atoms with Gasteiger partial charge >= 0.3 is 0 Å². The standard InChI is InChI=1S/C24H38/c1-3-5-6-20-9-13-22(14-10-20)24-17-15-23(16-18-24)21-11-7-19(4-2)8-12-21/h15-22H,3-14H2,1-2H3. The monoisotopic (exact) mass is 326 g/mol. The third kappa shape index (κ3) is 4.64. The van der Waals surface area contributed by atoms with E-state index in [1.54, 1.807) is 11.1 Å². The maximum atomic E-state index is 2.47. The number of unbranched alkanes of at least 4 members (excludes halogenated alkanes) is 1. The Morgan fingerprint density at radius 2 is 1.12 bits per heavy atom. The minimum atomic E-state index is 0.839. The van der Waals surface area contributed by atoms with Gasteiger partial charge in [-0.1, -0.05) is 63.8 Å². The van der Waals surface area contributed by atoms with Crippen molar-refractivity contribution in [3.8, 4) is 0 Å². The Morgan fingerprint density at radius 1 is 0.667 bits per heavy atom. The van der Waals surface area contributed by atoms with Crippen LogP contribution in [0.3, 0.4) is 0 Å². The zero-order chi connectivity index (χ0) is 16.8. The second kappa shape index (κ2) is 9.07. The lowest BCUT2D eigenvalue weighted by molar-refractivity contribution is 0.304. The zero-order valence-corrected chi connectivity index (χ0v) is 16.1. The van der Waals surface area contributed by atoms with Gasteiger partial charge in [-0.3, -0.25) is 0 Å². The molecule has 0 aliphatic heterocycles. The summed E-state index contributed by atoms with van der Waals surface area (Å²) < 4.78 is 0. The molecule has 0 N–H and O–H groups in total. The van der Waals surface area contributed by atoms with Gasteiger partial charge in [0, 0.05) is 0 Å². The molecule has 0 aromatic heterocycles. The van der Waals surface area contributed by atoms with Gasteiger partial charge in [0.05, 0.1) is 0 Å². The Labute approximate surface area is 150 Å². The number of hydrogen-bond acceptors (Lipinski definition) is 0. The van der Waals surface area contributed by atoms with E-state index in [0.29, 0.717) is 0 Å². The van der Waals surface area contributed by atoms with Gasteiger partial charge < -0.3 is 0 Å². The number of rotatable bonds is 6. The average Bonchev–Trinajstić information content (AvgIpc) is 2.67. The van der Waals surface area contributed by atoms with Crippen molar-refractivity contribution in [3.63, 3.8) is 0 Å². The van der Waals surface area contributed by atoms with E-state index >= 15 is 0 Å². The van der Waals surface area contributed by atoms with Crippen molar-refractivity contribution in [1.29, 1.82) is 0 Å². The van der Waals surface area contributed by atoms with Gasteiger partial charge in [0.1, 0.15) is 0 Å². The van der Waals surface area contributed by atoms with Crippen LogP contribution in [0.2, 0.25) is 0 Å². The van der Waals surface area contributed by atoms with Crippen molar-refractivity contribution in [1.82, 2.24) is 0 Å². The maximum absolute atomic E-state index is 2.47. The molecular formula is C24H38. The highest BCUT2D eigenvalue weighted by Gasteiger charge is 2.23. The summed E-state index contributed by atoms with van der Waals surface area (Å²) in [6.07, 6.45) is 17.2. The van der Waals surface area contributed by atoms with Gasteiger partial charge in [-0.05, 0) is 86.2 Å². The van der Waals surface area contributed by atoms with E-state index in [4.69, 9.17) is 0 Å². The molecule has 0 nitrogen and oxygen atoms in total. The van der Waals surface area contributed by atoms with Gasteiger partial charge in [-0.2, -0.15) is 0 Å². The molecule has 1 aromatic rings. The van der Waals surface area contributed by atoms with E-state index < -0.39 is 0 Å². The van der Waals surface area contributed by atoms with Crippen LogP contribution in [0.15, 0.2) is 24.3 Å². The summed E-state index contributed by atoms with van der Waals surface area (Å²) in [4.78, 5) is 0. The van der Waals surface area contributed by atoms with E-state index in [9.17, 15) is 0 Å². The molecule has 2 fully saturated rings. The SMILES string of the molecule is CCCCC1CCC(c2ccc(C3CCC(CC)CC3)cc2)CC1. The quantitative estimate of drug-likeness (QED) is 0.499. The van der Waals surface area contributed by atoms with Crippen LogP contribution in [0.5, 0.6) is 0 Å². The van der Waals surface area contributed by atoms with E-state index in [1.165, 1.54) is 77.0 Å². The minimum absolute atomic E-state index is 0.839. The molecule has 24 heavy (non-hydrogen) atoms. The molecule has 0 radical (unpaired) electrons. The smallest absolute Gasteiger partial charge is 0.0162 e. The van der Waals surface area contributed by atoms with Gasteiger partial charge in [0.25, 0.3) is 0 Å². The third-order valence-electron chi connectivity index (χ3n) is 7.12. The molecule has 0 amide bonds. The summed E-state index contributed by atoms with van der Waals surface area (Å²) in [6.45, 7) is 4.68. The maximum Gasteiger partial charge on any atom is -0.0162 e. The molecule has 1 aromatic carbocycles. The predicted molar refractivity (Wildman–Crippen MR) is 106 cm³/mol. The Kier molecular flexibility index (Phi) is 6.81. The summed E-state index contributed by atoms with van der Waals surface area (Å²) in [5, 5.41) is 0. The Bertz CT molecular complexity index is 455. The van der Waals surface area contributed by atoms with E-state index in [1.807, 2.05) is 0 Å². The Balaban J connectivity index is 1.50. The Hall–Kier alpha value is -0.780. The van der Waals surface area contributed by atoms with Gasteiger partial charge in [-0.15, -0.1) is 0 Å². The fourth-order valence-electron chi connectivity index (χ4n) is 5.22. The molecule has 134 valence electrons. The van der Waals surface area contributed by atoms with Crippen LogP contribution in [0.1, 0.15) is 114 Å². The summed E-state index contributed by atoms with van der Waals surface area (Å²) in [5.41, 5.74) is 3.24. The van der Waals surface area contributed by atoms with Gasteiger partial charge in [0.2, 0.25) is 0 Å². The van der Waals surface area contributed by atoms with Crippen LogP contribution in [0.25, 0.3) is 0 Å². The third-order valence-corrected chi connectivity index (χ3v) is 7.12. The number of hydrogen-bond donors (Lipinski definition) is 0. The second-order valence-electron chi connectivity index (χ2n) is 8.65. The predicted octanol–water partition coefficient (Wildman–Crippen LogP) is 7.83. The molecule has 0 saturated heterocycles. The summed E-state index contributed by atoms with van der Waals surface area (Å²) in [7, 11) is 0. The van der Waals surface area contributed by atoms with Gasteiger partial charge in [0.15, 0.2) is 0 Å². The lowest BCUT2D eigenvalue weighted by Crippen LogP contribution is -2.14.